The summed E-state index contributed by atoms with van der Waals surface area (Å²) >= 11 is 5.75. The minimum Gasteiger partial charge on any atom is -0.478 e. The molecule has 0 radical (unpaired) electrons. The predicted molar refractivity (Wildman–Crippen MR) is 73.7 cm³/mol. The van der Waals surface area contributed by atoms with Gasteiger partial charge in [0.15, 0.2) is 9.84 Å². The third-order valence-electron chi connectivity index (χ3n) is 3.20. The Balaban J connectivity index is 2.14. The van der Waals surface area contributed by atoms with Crippen LogP contribution in [0.1, 0.15) is 23.2 Å². The minimum absolute atomic E-state index is 0.0443. The maximum absolute atomic E-state index is 11.7. The third kappa shape index (κ3) is 3.19. The molecule has 1 fully saturated rings. The monoisotopic (exact) mass is 303 g/mol. The van der Waals surface area contributed by atoms with Gasteiger partial charge in [0, 0.05) is 17.3 Å². The number of benzene rings is 1. The van der Waals surface area contributed by atoms with Crippen molar-refractivity contribution in [1.82, 2.24) is 0 Å². The number of sulfone groups is 1. The Bertz CT molecular complexity index is 600. The lowest BCUT2D eigenvalue weighted by Crippen LogP contribution is -2.25. The van der Waals surface area contributed by atoms with Crippen molar-refractivity contribution in [2.24, 2.45) is 0 Å². The Hall–Kier alpha value is -1.27. The molecule has 5 nitrogen and oxygen atoms in total. The number of carboxylic acid groups (broad SMARTS) is 1. The number of rotatable bonds is 4. The molecule has 1 saturated heterocycles. The average molecular weight is 304 g/mol. The van der Waals surface area contributed by atoms with Crippen LogP contribution in [0, 0.1) is 0 Å². The van der Waals surface area contributed by atoms with Crippen molar-refractivity contribution in [1.29, 1.82) is 0 Å². The van der Waals surface area contributed by atoms with Crippen molar-refractivity contribution < 1.29 is 18.3 Å². The lowest BCUT2D eigenvalue weighted by atomic mass is 10.1. The van der Waals surface area contributed by atoms with Gasteiger partial charge in [-0.05, 0) is 31.0 Å². The molecule has 2 rings (SSSR count). The van der Waals surface area contributed by atoms with E-state index in [-0.39, 0.29) is 17.9 Å². The second-order valence-corrected chi connectivity index (χ2v) is 7.34. The molecule has 0 bridgehead atoms. The molecule has 0 aliphatic carbocycles. The molecule has 0 amide bonds. The maximum atomic E-state index is 11.7. The van der Waals surface area contributed by atoms with Crippen molar-refractivity contribution in [2.45, 2.75) is 18.1 Å². The number of anilines is 1. The molecule has 0 spiro atoms. The van der Waals surface area contributed by atoms with E-state index >= 15 is 0 Å². The minimum atomic E-state index is -3.03. The van der Waals surface area contributed by atoms with E-state index < -0.39 is 21.1 Å². The Labute approximate surface area is 116 Å². The van der Waals surface area contributed by atoms with Gasteiger partial charge in [0.25, 0.3) is 0 Å². The third-order valence-corrected chi connectivity index (χ3v) is 5.71. The zero-order valence-electron chi connectivity index (χ0n) is 10.1. The van der Waals surface area contributed by atoms with Crippen LogP contribution >= 0.6 is 11.6 Å². The quantitative estimate of drug-likeness (QED) is 0.889. The van der Waals surface area contributed by atoms with Gasteiger partial charge in [-0.2, -0.15) is 0 Å². The van der Waals surface area contributed by atoms with Gasteiger partial charge < -0.3 is 10.4 Å². The zero-order valence-corrected chi connectivity index (χ0v) is 11.7. The summed E-state index contributed by atoms with van der Waals surface area (Å²) in [7, 11) is -3.03. The molecular weight excluding hydrogens is 290 g/mol. The average Bonchev–Trinajstić information content (AvgIpc) is 2.66. The summed E-state index contributed by atoms with van der Waals surface area (Å²) in [5, 5.41) is 11.9. The van der Waals surface area contributed by atoms with Crippen molar-refractivity contribution in [3.8, 4) is 0 Å². The zero-order chi connectivity index (χ0) is 14.0. The molecular formula is C12H14ClNO4S. The first kappa shape index (κ1) is 14.1. The van der Waals surface area contributed by atoms with Crippen LogP contribution in [0.2, 0.25) is 5.02 Å². The van der Waals surface area contributed by atoms with Crippen LogP contribution in [-0.2, 0) is 9.84 Å². The molecule has 19 heavy (non-hydrogen) atoms. The normalized spacial score (nSPS) is 21.2. The van der Waals surface area contributed by atoms with E-state index in [1.807, 2.05) is 0 Å². The van der Waals surface area contributed by atoms with Gasteiger partial charge in [-0.25, -0.2) is 13.2 Å². The van der Waals surface area contributed by atoms with E-state index in [1.54, 1.807) is 12.1 Å². The predicted octanol–water partition coefficient (Wildman–Crippen LogP) is 2.03. The largest absolute Gasteiger partial charge is 0.478 e. The summed E-state index contributed by atoms with van der Waals surface area (Å²) in [6.07, 6.45) is 1.28. The van der Waals surface area contributed by atoms with Gasteiger partial charge in [0.05, 0.1) is 16.6 Å². The van der Waals surface area contributed by atoms with E-state index in [1.165, 1.54) is 6.07 Å². The lowest BCUT2D eigenvalue weighted by Gasteiger charge is -2.13. The molecule has 1 unspecified atom stereocenters. The van der Waals surface area contributed by atoms with Gasteiger partial charge in [-0.3, -0.25) is 0 Å². The molecule has 1 atom stereocenters. The van der Waals surface area contributed by atoms with E-state index in [0.717, 1.165) is 0 Å². The number of nitrogens with one attached hydrogen (secondary N) is 1. The molecule has 0 aromatic heterocycles. The van der Waals surface area contributed by atoms with E-state index in [4.69, 9.17) is 16.7 Å². The first-order chi connectivity index (χ1) is 8.90. The standard InChI is InChI=1S/C12H14ClNO4S/c13-8-3-4-11(10(6-8)12(15)16)14-7-9-2-1-5-19(9,17)18/h3-4,6,9,14H,1-2,5,7H2,(H,15,16). The van der Waals surface area contributed by atoms with E-state index in [0.29, 0.717) is 23.6 Å². The molecule has 2 N–H and O–H groups in total. The fourth-order valence-corrected chi connectivity index (χ4v) is 4.10. The molecule has 0 saturated carbocycles. The molecule has 7 heteroatoms. The summed E-state index contributed by atoms with van der Waals surface area (Å²) < 4.78 is 23.4. The first-order valence-electron chi connectivity index (χ1n) is 5.88. The molecule has 1 aliphatic heterocycles. The molecule has 104 valence electrons. The fourth-order valence-electron chi connectivity index (χ4n) is 2.16. The summed E-state index contributed by atoms with van der Waals surface area (Å²) in [4.78, 5) is 11.1. The summed E-state index contributed by atoms with van der Waals surface area (Å²) in [5.74, 6) is -0.884. The Morgan fingerprint density at radius 2 is 2.21 bits per heavy atom. The molecule has 1 aromatic rings. The van der Waals surface area contributed by atoms with Crippen LogP contribution in [0.4, 0.5) is 5.69 Å². The number of hydrogen-bond acceptors (Lipinski definition) is 4. The van der Waals surface area contributed by atoms with Crippen LogP contribution in [-0.4, -0.2) is 37.0 Å². The van der Waals surface area contributed by atoms with Gasteiger partial charge in [0.2, 0.25) is 0 Å². The summed E-state index contributed by atoms with van der Waals surface area (Å²) in [6, 6.07) is 4.46. The number of carboxylic acids is 1. The summed E-state index contributed by atoms with van der Waals surface area (Å²) in [6.45, 7) is 0.226. The Morgan fingerprint density at radius 3 is 2.79 bits per heavy atom. The smallest absolute Gasteiger partial charge is 0.337 e. The SMILES string of the molecule is O=C(O)c1cc(Cl)ccc1NCC1CCCS1(=O)=O. The molecule has 1 heterocycles. The van der Waals surface area contributed by atoms with Gasteiger partial charge in [0.1, 0.15) is 0 Å². The highest BCUT2D eigenvalue weighted by atomic mass is 35.5. The Kier molecular flexibility index (Phi) is 4.01. The molecule has 1 aliphatic rings. The van der Waals surface area contributed by atoms with Crippen LogP contribution in [0.25, 0.3) is 0 Å². The number of halogens is 1. The number of hydrogen-bond donors (Lipinski definition) is 2. The first-order valence-corrected chi connectivity index (χ1v) is 7.98. The van der Waals surface area contributed by atoms with E-state index in [2.05, 4.69) is 5.32 Å². The lowest BCUT2D eigenvalue weighted by molar-refractivity contribution is 0.0698. The highest BCUT2D eigenvalue weighted by molar-refractivity contribution is 7.92. The highest BCUT2D eigenvalue weighted by Crippen LogP contribution is 2.24. The van der Waals surface area contributed by atoms with Crippen molar-refractivity contribution in [3.05, 3.63) is 28.8 Å². The number of aromatic carboxylic acids is 1. The van der Waals surface area contributed by atoms with Crippen molar-refractivity contribution >= 4 is 33.1 Å². The van der Waals surface area contributed by atoms with Crippen LogP contribution in [0.15, 0.2) is 18.2 Å². The van der Waals surface area contributed by atoms with Gasteiger partial charge in [-0.15, -0.1) is 0 Å². The van der Waals surface area contributed by atoms with Gasteiger partial charge in [-0.1, -0.05) is 11.6 Å². The topological polar surface area (TPSA) is 83.5 Å². The maximum Gasteiger partial charge on any atom is 0.337 e. The fraction of sp³-hybridized carbons (Fsp3) is 0.417. The van der Waals surface area contributed by atoms with Crippen molar-refractivity contribution in [3.63, 3.8) is 0 Å². The second kappa shape index (κ2) is 5.38. The number of carbonyl (C=O) groups is 1. The second-order valence-electron chi connectivity index (χ2n) is 4.51. The van der Waals surface area contributed by atoms with Gasteiger partial charge >= 0.3 is 5.97 Å². The molecule has 1 aromatic carbocycles. The van der Waals surface area contributed by atoms with Crippen LogP contribution in [0.3, 0.4) is 0 Å². The van der Waals surface area contributed by atoms with E-state index in [9.17, 15) is 13.2 Å². The van der Waals surface area contributed by atoms with Crippen molar-refractivity contribution in [2.75, 3.05) is 17.6 Å². The van der Waals surface area contributed by atoms with Crippen LogP contribution in [0.5, 0.6) is 0 Å². The summed E-state index contributed by atoms with van der Waals surface area (Å²) in [5.41, 5.74) is 0.432. The van der Waals surface area contributed by atoms with Crippen LogP contribution < -0.4 is 5.32 Å². The highest BCUT2D eigenvalue weighted by Gasteiger charge is 2.31. The Morgan fingerprint density at radius 1 is 1.47 bits per heavy atom.